The van der Waals surface area contributed by atoms with E-state index < -0.39 is 0 Å². The summed E-state index contributed by atoms with van der Waals surface area (Å²) >= 11 is 3.42. The maximum Gasteiger partial charge on any atom is 0.124 e. The van der Waals surface area contributed by atoms with Crippen LogP contribution in [0.4, 0.5) is 4.39 Å². The second-order valence-corrected chi connectivity index (χ2v) is 6.25. The summed E-state index contributed by atoms with van der Waals surface area (Å²) in [5, 5.41) is 0. The van der Waals surface area contributed by atoms with Crippen LogP contribution < -0.4 is 5.73 Å². The molecule has 3 heteroatoms. The van der Waals surface area contributed by atoms with Crippen molar-refractivity contribution >= 4 is 15.9 Å². The lowest BCUT2D eigenvalue weighted by Gasteiger charge is -2.24. The Kier molecular flexibility index (Phi) is 3.19. The molecule has 0 saturated carbocycles. The van der Waals surface area contributed by atoms with Gasteiger partial charge in [0.15, 0.2) is 0 Å². The average Bonchev–Trinajstić information content (AvgIpc) is 2.69. The third-order valence-electron chi connectivity index (χ3n) is 3.76. The number of rotatable bonds is 2. The number of hydrogen-bond acceptors (Lipinski definition) is 1. The van der Waals surface area contributed by atoms with Crippen molar-refractivity contribution in [2.75, 3.05) is 0 Å². The fraction of sp³-hybridized carbons (Fsp3) is 0.250. The third-order valence-corrected chi connectivity index (χ3v) is 4.50. The van der Waals surface area contributed by atoms with Crippen LogP contribution in [-0.4, -0.2) is 5.54 Å². The van der Waals surface area contributed by atoms with E-state index in [1.165, 1.54) is 23.3 Å². The third kappa shape index (κ3) is 2.58. The monoisotopic (exact) mass is 319 g/mol. The van der Waals surface area contributed by atoms with Crippen molar-refractivity contribution in [2.24, 2.45) is 5.73 Å². The van der Waals surface area contributed by atoms with Gasteiger partial charge in [0.05, 0.1) is 0 Å². The molecule has 0 heterocycles. The fourth-order valence-electron chi connectivity index (χ4n) is 2.89. The molecule has 2 N–H and O–H groups in total. The zero-order valence-corrected chi connectivity index (χ0v) is 12.1. The molecule has 19 heavy (non-hydrogen) atoms. The van der Waals surface area contributed by atoms with E-state index in [-0.39, 0.29) is 11.4 Å². The van der Waals surface area contributed by atoms with Gasteiger partial charge in [-0.15, -0.1) is 0 Å². The molecule has 0 atom stereocenters. The summed E-state index contributed by atoms with van der Waals surface area (Å²) < 4.78 is 13.9. The lowest BCUT2D eigenvalue weighted by molar-refractivity contribution is 0.445. The Labute approximate surface area is 120 Å². The predicted octanol–water partition coefficient (Wildman–Crippen LogP) is 3.63. The molecule has 0 bridgehead atoms. The summed E-state index contributed by atoms with van der Waals surface area (Å²) in [6, 6.07) is 13.2. The highest BCUT2D eigenvalue weighted by Gasteiger charge is 2.33. The minimum Gasteiger partial charge on any atom is -0.324 e. The maximum absolute atomic E-state index is 13.1. The van der Waals surface area contributed by atoms with Crippen molar-refractivity contribution in [1.29, 1.82) is 0 Å². The van der Waals surface area contributed by atoms with Crippen LogP contribution in [0.5, 0.6) is 0 Å². The molecule has 0 aromatic heterocycles. The lowest BCUT2D eigenvalue weighted by Crippen LogP contribution is -2.43. The van der Waals surface area contributed by atoms with E-state index in [1.807, 2.05) is 6.07 Å². The number of hydrogen-bond donors (Lipinski definition) is 1. The predicted molar refractivity (Wildman–Crippen MR) is 78.6 cm³/mol. The SMILES string of the molecule is NC1(Cc2ccc(F)cc2Br)Cc2ccccc2C1. The van der Waals surface area contributed by atoms with Gasteiger partial charge < -0.3 is 5.73 Å². The molecule has 98 valence electrons. The highest BCUT2D eigenvalue weighted by Crippen LogP contribution is 2.32. The Hall–Kier alpha value is -1.19. The van der Waals surface area contributed by atoms with Crippen LogP contribution in [0.2, 0.25) is 0 Å². The average molecular weight is 320 g/mol. The molecule has 0 spiro atoms. The van der Waals surface area contributed by atoms with Crippen LogP contribution in [0.25, 0.3) is 0 Å². The van der Waals surface area contributed by atoms with Gasteiger partial charge in [-0.2, -0.15) is 0 Å². The van der Waals surface area contributed by atoms with Gasteiger partial charge in [-0.05, 0) is 48.1 Å². The molecule has 3 rings (SSSR count). The summed E-state index contributed by atoms with van der Waals surface area (Å²) in [5.74, 6) is -0.226. The maximum atomic E-state index is 13.1. The van der Waals surface area contributed by atoms with E-state index >= 15 is 0 Å². The van der Waals surface area contributed by atoms with Crippen molar-refractivity contribution in [3.63, 3.8) is 0 Å². The van der Waals surface area contributed by atoms with Crippen LogP contribution in [0.1, 0.15) is 16.7 Å². The summed E-state index contributed by atoms with van der Waals surface area (Å²) in [6.45, 7) is 0. The molecule has 1 aliphatic carbocycles. The van der Waals surface area contributed by atoms with Crippen LogP contribution >= 0.6 is 15.9 Å². The summed E-state index contributed by atoms with van der Waals surface area (Å²) in [6.07, 6.45) is 2.52. The van der Waals surface area contributed by atoms with E-state index in [9.17, 15) is 4.39 Å². The van der Waals surface area contributed by atoms with Gasteiger partial charge in [0.1, 0.15) is 5.82 Å². The van der Waals surface area contributed by atoms with E-state index in [0.29, 0.717) is 0 Å². The van der Waals surface area contributed by atoms with Crippen molar-refractivity contribution in [2.45, 2.75) is 24.8 Å². The zero-order chi connectivity index (χ0) is 13.5. The standard InChI is InChI=1S/C16H15BrFN/c17-15-7-14(18)6-5-13(15)10-16(19)8-11-3-1-2-4-12(11)9-16/h1-7H,8-10,19H2. The number of benzene rings is 2. The fourth-order valence-corrected chi connectivity index (χ4v) is 3.38. The van der Waals surface area contributed by atoms with Gasteiger partial charge in [-0.3, -0.25) is 0 Å². The molecule has 2 aromatic carbocycles. The van der Waals surface area contributed by atoms with Crippen LogP contribution in [0.15, 0.2) is 46.9 Å². The van der Waals surface area contributed by atoms with Gasteiger partial charge in [-0.1, -0.05) is 46.3 Å². The van der Waals surface area contributed by atoms with E-state index in [4.69, 9.17) is 5.73 Å². The van der Waals surface area contributed by atoms with Crippen LogP contribution in [-0.2, 0) is 19.3 Å². The van der Waals surface area contributed by atoms with Crippen molar-refractivity contribution in [3.05, 3.63) is 69.4 Å². The summed E-state index contributed by atoms with van der Waals surface area (Å²) in [4.78, 5) is 0. The van der Waals surface area contributed by atoms with E-state index in [0.717, 1.165) is 29.3 Å². The van der Waals surface area contributed by atoms with Gasteiger partial charge in [0.2, 0.25) is 0 Å². The summed E-state index contributed by atoms with van der Waals surface area (Å²) in [5.41, 5.74) is 10.0. The quantitative estimate of drug-likeness (QED) is 0.898. The normalized spacial score (nSPS) is 16.4. The molecule has 0 unspecified atom stereocenters. The highest BCUT2D eigenvalue weighted by atomic mass is 79.9. The first-order valence-electron chi connectivity index (χ1n) is 6.35. The van der Waals surface area contributed by atoms with Gasteiger partial charge >= 0.3 is 0 Å². The highest BCUT2D eigenvalue weighted by molar-refractivity contribution is 9.10. The van der Waals surface area contributed by atoms with E-state index in [1.54, 1.807) is 0 Å². The van der Waals surface area contributed by atoms with Gasteiger partial charge in [0, 0.05) is 10.0 Å². The van der Waals surface area contributed by atoms with Crippen molar-refractivity contribution in [3.8, 4) is 0 Å². The van der Waals surface area contributed by atoms with Gasteiger partial charge in [0.25, 0.3) is 0 Å². The molecule has 0 saturated heterocycles. The molecular formula is C16H15BrFN. The van der Waals surface area contributed by atoms with Crippen LogP contribution in [0.3, 0.4) is 0 Å². The molecular weight excluding hydrogens is 305 g/mol. The molecule has 1 nitrogen and oxygen atoms in total. The Balaban J connectivity index is 1.85. The molecule has 0 radical (unpaired) electrons. The summed E-state index contributed by atoms with van der Waals surface area (Å²) in [7, 11) is 0. The van der Waals surface area contributed by atoms with Crippen LogP contribution in [0, 0.1) is 5.82 Å². The molecule has 0 fully saturated rings. The minimum atomic E-state index is -0.260. The van der Waals surface area contributed by atoms with Gasteiger partial charge in [-0.25, -0.2) is 4.39 Å². The number of halogens is 2. The van der Waals surface area contributed by atoms with E-state index in [2.05, 4.69) is 40.2 Å². The first kappa shape index (κ1) is 12.8. The molecule has 0 amide bonds. The Morgan fingerprint density at radius 3 is 2.32 bits per heavy atom. The Bertz CT molecular complexity index is 599. The minimum absolute atomic E-state index is 0.226. The number of nitrogens with two attached hydrogens (primary N) is 1. The Morgan fingerprint density at radius 1 is 1.11 bits per heavy atom. The van der Waals surface area contributed by atoms with Crippen molar-refractivity contribution in [1.82, 2.24) is 0 Å². The second kappa shape index (κ2) is 4.73. The largest absolute Gasteiger partial charge is 0.324 e. The second-order valence-electron chi connectivity index (χ2n) is 5.40. The van der Waals surface area contributed by atoms with Crippen molar-refractivity contribution < 1.29 is 4.39 Å². The lowest BCUT2D eigenvalue weighted by atomic mass is 9.89. The zero-order valence-electron chi connectivity index (χ0n) is 10.5. The first-order valence-corrected chi connectivity index (χ1v) is 7.15. The first-order chi connectivity index (χ1) is 9.06. The molecule has 0 aliphatic heterocycles. The molecule has 2 aromatic rings. The molecule has 1 aliphatic rings. The smallest absolute Gasteiger partial charge is 0.124 e. The number of fused-ring (bicyclic) bond motifs is 1. The topological polar surface area (TPSA) is 26.0 Å². The Morgan fingerprint density at radius 2 is 1.74 bits per heavy atom.